The van der Waals surface area contributed by atoms with Gasteiger partial charge in [0.15, 0.2) is 5.75 Å². The molecule has 1 heterocycles. The first-order valence-electron chi connectivity index (χ1n) is 12.2. The Labute approximate surface area is 223 Å². The topological polar surface area (TPSA) is 84.9 Å². The van der Waals surface area contributed by atoms with Crippen molar-refractivity contribution < 1.29 is 22.7 Å². The van der Waals surface area contributed by atoms with Crippen LogP contribution in [0.2, 0.25) is 10.0 Å². The van der Waals surface area contributed by atoms with E-state index in [4.69, 9.17) is 32.7 Å². The van der Waals surface area contributed by atoms with Crippen LogP contribution in [0.25, 0.3) is 0 Å². The Bertz CT molecular complexity index is 1200. The zero-order valence-corrected chi connectivity index (χ0v) is 23.0. The van der Waals surface area contributed by atoms with Gasteiger partial charge in [-0.2, -0.15) is 0 Å². The van der Waals surface area contributed by atoms with Crippen molar-refractivity contribution in [3.8, 4) is 17.2 Å². The molecule has 10 heteroatoms. The number of amides is 1. The lowest BCUT2D eigenvalue weighted by Gasteiger charge is -2.31. The Balaban J connectivity index is 1.35. The lowest BCUT2D eigenvalue weighted by molar-refractivity contribution is -0.117. The third kappa shape index (κ3) is 6.28. The number of anilines is 1. The Hall–Kier alpha value is -2.00. The Morgan fingerprint density at radius 3 is 2.28 bits per heavy atom. The molecule has 1 aliphatic carbocycles. The van der Waals surface area contributed by atoms with Crippen LogP contribution >= 0.6 is 23.2 Å². The average molecular weight is 556 g/mol. The zero-order chi connectivity index (χ0) is 26.0. The maximum atomic E-state index is 12.7. The van der Waals surface area contributed by atoms with Gasteiger partial charge in [-0.15, -0.1) is 0 Å². The van der Waals surface area contributed by atoms with E-state index in [-0.39, 0.29) is 33.0 Å². The highest BCUT2D eigenvalue weighted by Gasteiger charge is 2.41. The highest BCUT2D eigenvalue weighted by Crippen LogP contribution is 2.41. The maximum absolute atomic E-state index is 12.7. The van der Waals surface area contributed by atoms with E-state index in [1.165, 1.54) is 0 Å². The van der Waals surface area contributed by atoms with Gasteiger partial charge in [-0.25, -0.2) is 12.7 Å². The number of rotatable bonds is 9. The first kappa shape index (κ1) is 27.0. The fourth-order valence-electron chi connectivity index (χ4n) is 4.49. The Morgan fingerprint density at radius 2 is 1.72 bits per heavy atom. The van der Waals surface area contributed by atoms with E-state index in [2.05, 4.69) is 19.2 Å². The molecule has 0 radical (unpaired) electrons. The first-order valence-corrected chi connectivity index (χ1v) is 14.5. The number of halogens is 2. The molecule has 0 unspecified atom stereocenters. The van der Waals surface area contributed by atoms with Crippen molar-refractivity contribution in [1.82, 2.24) is 4.31 Å². The number of piperidine rings is 1. The van der Waals surface area contributed by atoms with Crippen molar-refractivity contribution in [1.29, 1.82) is 0 Å². The van der Waals surface area contributed by atoms with Gasteiger partial charge in [0.1, 0.15) is 11.5 Å². The summed E-state index contributed by atoms with van der Waals surface area (Å²) >= 11 is 12.9. The predicted molar refractivity (Wildman–Crippen MR) is 143 cm³/mol. The largest absolute Gasteiger partial charge is 0.496 e. The molecule has 0 bridgehead atoms. The molecular formula is C26H32Cl2N2O5S. The summed E-state index contributed by atoms with van der Waals surface area (Å²) in [6, 6.07) is 8.74. The van der Waals surface area contributed by atoms with E-state index < -0.39 is 10.0 Å². The van der Waals surface area contributed by atoms with Crippen LogP contribution in [-0.4, -0.2) is 44.1 Å². The van der Waals surface area contributed by atoms with Crippen molar-refractivity contribution in [2.75, 3.05) is 25.5 Å². The number of nitrogens with zero attached hydrogens (tertiary/aromatic N) is 1. The normalized spacial score (nSPS) is 17.3. The van der Waals surface area contributed by atoms with Crippen LogP contribution in [0, 0.1) is 5.92 Å². The molecule has 196 valence electrons. The van der Waals surface area contributed by atoms with Gasteiger partial charge in [-0.1, -0.05) is 37.0 Å². The van der Waals surface area contributed by atoms with Crippen LogP contribution in [0.1, 0.15) is 57.4 Å². The molecule has 2 aliphatic rings. The van der Waals surface area contributed by atoms with Gasteiger partial charge >= 0.3 is 0 Å². The second-order valence-corrected chi connectivity index (χ2v) is 12.8. The molecule has 0 spiro atoms. The number of nitrogens with one attached hydrogen (secondary N) is 1. The fraction of sp³-hybridized carbons (Fsp3) is 0.500. The van der Waals surface area contributed by atoms with E-state index in [0.29, 0.717) is 49.5 Å². The van der Waals surface area contributed by atoms with Crippen LogP contribution in [-0.2, 0) is 14.8 Å². The molecule has 36 heavy (non-hydrogen) atoms. The van der Waals surface area contributed by atoms with E-state index in [9.17, 15) is 13.2 Å². The van der Waals surface area contributed by atoms with Gasteiger partial charge < -0.3 is 14.8 Å². The highest BCUT2D eigenvalue weighted by molar-refractivity contribution is 7.90. The van der Waals surface area contributed by atoms with Crippen LogP contribution in [0.4, 0.5) is 5.69 Å². The van der Waals surface area contributed by atoms with Gasteiger partial charge in [0.25, 0.3) is 0 Å². The Morgan fingerprint density at radius 1 is 1.08 bits per heavy atom. The van der Waals surface area contributed by atoms with E-state index in [0.717, 1.165) is 24.2 Å². The predicted octanol–water partition coefficient (Wildman–Crippen LogP) is 6.45. The summed E-state index contributed by atoms with van der Waals surface area (Å²) in [5.74, 6) is 1.88. The number of hydrogen-bond acceptors (Lipinski definition) is 5. The van der Waals surface area contributed by atoms with Crippen LogP contribution in [0.3, 0.4) is 0 Å². The Kier molecular flexibility index (Phi) is 8.39. The van der Waals surface area contributed by atoms with Crippen molar-refractivity contribution >= 4 is 44.8 Å². The lowest BCUT2D eigenvalue weighted by atomic mass is 9.94. The van der Waals surface area contributed by atoms with Gasteiger partial charge in [-0.3, -0.25) is 4.79 Å². The minimum absolute atomic E-state index is 0.134. The zero-order valence-electron chi connectivity index (χ0n) is 20.7. The third-order valence-electron chi connectivity index (χ3n) is 6.68. The van der Waals surface area contributed by atoms with Crippen LogP contribution in [0.15, 0.2) is 30.3 Å². The molecular weight excluding hydrogens is 523 g/mol. The molecule has 0 atom stereocenters. The van der Waals surface area contributed by atoms with E-state index >= 15 is 0 Å². The minimum atomic E-state index is -3.15. The highest BCUT2D eigenvalue weighted by atomic mass is 35.5. The number of carbonyl (C=O) groups excluding carboxylic acids is 1. The molecule has 1 saturated heterocycles. The van der Waals surface area contributed by atoms with Crippen molar-refractivity contribution in [3.63, 3.8) is 0 Å². The standard InChI is InChI=1S/C26H32Cl2N2O5S/c1-16(2)21-15-19(4-7-24(21)34-3)35-26-22(27)13-18(14-23(26)28)29-25(31)12-17-8-10-30(11-9-17)36(32,33)20-5-6-20/h4,7,13-17,20H,5-6,8-12H2,1-3H3,(H,29,31). The first-order chi connectivity index (χ1) is 17.1. The smallest absolute Gasteiger partial charge is 0.224 e. The third-order valence-corrected chi connectivity index (χ3v) is 9.64. The van der Waals surface area contributed by atoms with Gasteiger partial charge in [0, 0.05) is 30.8 Å². The summed E-state index contributed by atoms with van der Waals surface area (Å²) in [6.45, 7) is 5.09. The molecule has 2 fully saturated rings. The lowest BCUT2D eigenvalue weighted by Crippen LogP contribution is -2.40. The van der Waals surface area contributed by atoms with Crippen LogP contribution in [0.5, 0.6) is 17.2 Å². The number of hydrogen-bond donors (Lipinski definition) is 1. The molecule has 1 amide bonds. The summed E-state index contributed by atoms with van der Waals surface area (Å²) in [6.07, 6.45) is 3.19. The quantitative estimate of drug-likeness (QED) is 0.385. The van der Waals surface area contributed by atoms with Gasteiger partial charge in [0.2, 0.25) is 15.9 Å². The summed E-state index contributed by atoms with van der Waals surface area (Å²) < 4.78 is 37.8. The molecule has 4 rings (SSSR count). The number of carbonyl (C=O) groups is 1. The summed E-state index contributed by atoms with van der Waals surface area (Å²) in [5, 5.41) is 3.22. The molecule has 7 nitrogen and oxygen atoms in total. The van der Waals surface area contributed by atoms with E-state index in [1.54, 1.807) is 29.6 Å². The summed E-state index contributed by atoms with van der Waals surface area (Å²) in [5.41, 5.74) is 1.48. The maximum Gasteiger partial charge on any atom is 0.224 e. The molecule has 1 N–H and O–H groups in total. The van der Waals surface area contributed by atoms with Crippen molar-refractivity contribution in [2.45, 2.75) is 57.1 Å². The minimum Gasteiger partial charge on any atom is -0.496 e. The van der Waals surface area contributed by atoms with Gasteiger partial charge in [-0.05, 0) is 67.9 Å². The molecule has 1 aliphatic heterocycles. The monoisotopic (exact) mass is 554 g/mol. The second-order valence-electron chi connectivity index (χ2n) is 9.77. The number of benzene rings is 2. The van der Waals surface area contributed by atoms with Crippen molar-refractivity contribution in [3.05, 3.63) is 45.9 Å². The molecule has 1 saturated carbocycles. The van der Waals surface area contributed by atoms with Gasteiger partial charge in [0.05, 0.1) is 22.4 Å². The molecule has 0 aromatic heterocycles. The van der Waals surface area contributed by atoms with E-state index in [1.807, 2.05) is 12.1 Å². The molecule has 2 aromatic rings. The summed E-state index contributed by atoms with van der Waals surface area (Å²) in [4.78, 5) is 12.7. The SMILES string of the molecule is COc1ccc(Oc2c(Cl)cc(NC(=O)CC3CCN(S(=O)(=O)C4CC4)CC3)cc2Cl)cc1C(C)C. The number of ether oxygens (including phenoxy) is 2. The van der Waals surface area contributed by atoms with Crippen LogP contribution < -0.4 is 14.8 Å². The summed E-state index contributed by atoms with van der Waals surface area (Å²) in [7, 11) is -1.52. The molecule has 2 aromatic carbocycles. The number of methoxy groups -OCH3 is 1. The second kappa shape index (κ2) is 11.2. The average Bonchev–Trinajstić information content (AvgIpc) is 3.68. The fourth-order valence-corrected chi connectivity index (χ4v) is 6.93. The number of sulfonamides is 1. The van der Waals surface area contributed by atoms with Crippen molar-refractivity contribution in [2.24, 2.45) is 5.92 Å².